The number of terminal acetylenes is 1. The molecule has 1 N–H and O–H groups in total. The van der Waals surface area contributed by atoms with Crippen molar-refractivity contribution in [3.05, 3.63) is 111 Å². The Morgan fingerprint density at radius 3 is 1.90 bits per heavy atom. The number of benzene rings is 4. The molecule has 0 fully saturated rings. The molecule has 0 radical (unpaired) electrons. The fourth-order valence-corrected chi connectivity index (χ4v) is 5.22. The Morgan fingerprint density at radius 2 is 1.36 bits per heavy atom. The van der Waals surface area contributed by atoms with Gasteiger partial charge in [-0.3, -0.25) is 9.59 Å². The van der Waals surface area contributed by atoms with E-state index >= 15 is 4.39 Å². The highest BCUT2D eigenvalue weighted by atomic mass is 79.9. The van der Waals surface area contributed by atoms with Gasteiger partial charge < -0.3 is 14.6 Å². The lowest BCUT2D eigenvalue weighted by molar-refractivity contribution is 0.0938. The summed E-state index contributed by atoms with van der Waals surface area (Å²) in [6, 6.07) is 24.5. The Labute approximate surface area is 241 Å². The lowest BCUT2D eigenvalue weighted by atomic mass is 10.0. The van der Waals surface area contributed by atoms with Gasteiger partial charge in [0.15, 0.2) is 5.78 Å². The molecule has 0 saturated carbocycles. The van der Waals surface area contributed by atoms with Gasteiger partial charge in [-0.1, -0.05) is 50.4 Å². The number of amides is 1. The molecule has 194 valence electrons. The van der Waals surface area contributed by atoms with Crippen molar-refractivity contribution in [2.75, 3.05) is 6.54 Å². The van der Waals surface area contributed by atoms with Gasteiger partial charge in [0.2, 0.25) is 0 Å². The van der Waals surface area contributed by atoms with Crippen molar-refractivity contribution in [1.29, 1.82) is 0 Å². The van der Waals surface area contributed by atoms with Gasteiger partial charge in [-0.05, 0) is 72.8 Å². The molecule has 0 aliphatic rings. The number of nitrogens with zero attached hydrogens (tertiary/aromatic N) is 1. The number of rotatable bonds is 8. The SMILES string of the molecule is C#COc1ccc(C(=O)c2ccc(C(=O)NCC(F)Cn3c4ccc(Br)cc4c4cc(Br)ccc43)cc2)cc1. The van der Waals surface area contributed by atoms with E-state index in [2.05, 4.69) is 43.3 Å². The molecule has 5 aromatic rings. The number of carbonyl (C=O) groups is 2. The molecule has 0 aliphatic carbocycles. The Balaban J connectivity index is 1.24. The number of hydrogen-bond acceptors (Lipinski definition) is 3. The van der Waals surface area contributed by atoms with E-state index < -0.39 is 12.1 Å². The molecule has 1 aromatic heterocycles. The first-order valence-corrected chi connectivity index (χ1v) is 13.6. The monoisotopic (exact) mass is 646 g/mol. The summed E-state index contributed by atoms with van der Waals surface area (Å²) in [6.45, 7) is -0.0675. The number of fused-ring (bicyclic) bond motifs is 3. The molecule has 8 heteroatoms. The third kappa shape index (κ3) is 5.75. The summed E-state index contributed by atoms with van der Waals surface area (Å²) in [5, 5.41) is 4.70. The first kappa shape index (κ1) is 26.7. The third-order valence-electron chi connectivity index (χ3n) is 6.36. The summed E-state index contributed by atoms with van der Waals surface area (Å²) < 4.78 is 23.9. The lowest BCUT2D eigenvalue weighted by Gasteiger charge is -2.13. The summed E-state index contributed by atoms with van der Waals surface area (Å²) in [4.78, 5) is 25.4. The topological polar surface area (TPSA) is 60.3 Å². The molecule has 0 bridgehead atoms. The Kier molecular flexibility index (Phi) is 7.82. The van der Waals surface area contributed by atoms with Gasteiger partial charge in [0.05, 0.1) is 13.1 Å². The summed E-state index contributed by atoms with van der Waals surface area (Å²) >= 11 is 7.04. The van der Waals surface area contributed by atoms with E-state index in [1.165, 1.54) is 0 Å². The molecule has 39 heavy (non-hydrogen) atoms. The fourth-order valence-electron chi connectivity index (χ4n) is 4.50. The summed E-state index contributed by atoms with van der Waals surface area (Å²) in [7, 11) is 0. The van der Waals surface area contributed by atoms with E-state index in [0.29, 0.717) is 22.4 Å². The minimum atomic E-state index is -1.32. The number of ether oxygens (including phenoxy) is 1. The van der Waals surface area contributed by atoms with Gasteiger partial charge in [0.1, 0.15) is 18.0 Å². The average Bonchev–Trinajstić information content (AvgIpc) is 3.23. The zero-order chi connectivity index (χ0) is 27.5. The zero-order valence-corrected chi connectivity index (χ0v) is 23.6. The first-order valence-electron chi connectivity index (χ1n) is 12.0. The highest BCUT2D eigenvalue weighted by Gasteiger charge is 2.17. The maximum absolute atomic E-state index is 15.2. The van der Waals surface area contributed by atoms with E-state index in [1.807, 2.05) is 41.0 Å². The maximum atomic E-state index is 15.2. The number of halogens is 3. The van der Waals surface area contributed by atoms with E-state index in [-0.39, 0.29) is 18.9 Å². The average molecular weight is 648 g/mol. The number of aromatic nitrogens is 1. The quantitative estimate of drug-likeness (QED) is 0.142. The fraction of sp³-hybridized carbons (Fsp3) is 0.0968. The van der Waals surface area contributed by atoms with Crippen LogP contribution in [0.5, 0.6) is 5.75 Å². The molecule has 1 amide bonds. The van der Waals surface area contributed by atoms with E-state index in [0.717, 1.165) is 30.8 Å². The van der Waals surface area contributed by atoms with E-state index in [4.69, 9.17) is 11.2 Å². The molecule has 0 saturated heterocycles. The van der Waals surface area contributed by atoms with Crippen LogP contribution in [0, 0.1) is 12.5 Å². The smallest absolute Gasteiger partial charge is 0.251 e. The molecular formula is C31H21Br2FN2O3. The van der Waals surface area contributed by atoms with Crippen molar-refractivity contribution in [1.82, 2.24) is 9.88 Å². The van der Waals surface area contributed by atoms with Crippen LogP contribution in [-0.4, -0.2) is 29.0 Å². The highest BCUT2D eigenvalue weighted by Crippen LogP contribution is 2.33. The van der Waals surface area contributed by atoms with Crippen LogP contribution in [0.4, 0.5) is 4.39 Å². The van der Waals surface area contributed by atoms with Crippen LogP contribution in [0.25, 0.3) is 21.8 Å². The number of carbonyl (C=O) groups excluding carboxylic acids is 2. The predicted octanol–water partition coefficient (Wildman–Crippen LogP) is 7.29. The van der Waals surface area contributed by atoms with Crippen LogP contribution in [0.15, 0.2) is 93.9 Å². The molecule has 1 heterocycles. The van der Waals surface area contributed by atoms with Crippen LogP contribution in [0.1, 0.15) is 26.3 Å². The van der Waals surface area contributed by atoms with Crippen molar-refractivity contribution in [2.45, 2.75) is 12.7 Å². The van der Waals surface area contributed by atoms with Gasteiger partial charge in [-0.25, -0.2) is 4.39 Å². The third-order valence-corrected chi connectivity index (χ3v) is 7.34. The second-order valence-electron chi connectivity index (χ2n) is 8.89. The van der Waals surface area contributed by atoms with Crippen molar-refractivity contribution in [3.63, 3.8) is 0 Å². The molecule has 1 unspecified atom stereocenters. The standard InChI is InChI=1S/C31H21Br2FN2O3/c1-2-39-25-11-7-20(8-12-25)30(37)19-3-5-21(6-4-19)31(38)35-17-24(34)18-36-28-13-9-22(32)15-26(28)27-16-23(33)10-14-29(27)36/h1,3-16,24H,17-18H2,(H,35,38). The molecule has 1 atom stereocenters. The molecular weight excluding hydrogens is 627 g/mol. The minimum absolute atomic E-state index is 0.0855. The maximum Gasteiger partial charge on any atom is 0.251 e. The van der Waals surface area contributed by atoms with Gasteiger partial charge in [0, 0.05) is 47.4 Å². The first-order chi connectivity index (χ1) is 18.8. The predicted molar refractivity (Wildman–Crippen MR) is 158 cm³/mol. The molecule has 0 spiro atoms. The van der Waals surface area contributed by atoms with Crippen LogP contribution in [0.2, 0.25) is 0 Å². The number of ketones is 1. The zero-order valence-electron chi connectivity index (χ0n) is 20.5. The Morgan fingerprint density at radius 1 is 0.846 bits per heavy atom. The van der Waals surface area contributed by atoms with E-state index in [1.54, 1.807) is 48.5 Å². The van der Waals surface area contributed by atoms with Crippen molar-refractivity contribution >= 4 is 65.4 Å². The van der Waals surface area contributed by atoms with Gasteiger partial charge in [0.25, 0.3) is 5.91 Å². The van der Waals surface area contributed by atoms with Gasteiger partial charge in [-0.2, -0.15) is 0 Å². The normalized spacial score (nSPS) is 11.7. The summed E-state index contributed by atoms with van der Waals surface area (Å²) in [5.74, 6) is -0.155. The molecule has 5 rings (SSSR count). The Hall–Kier alpha value is -3.93. The van der Waals surface area contributed by atoms with Crippen molar-refractivity contribution in [3.8, 4) is 18.3 Å². The minimum Gasteiger partial charge on any atom is -0.408 e. The lowest BCUT2D eigenvalue weighted by Crippen LogP contribution is -2.32. The number of hydrogen-bond donors (Lipinski definition) is 1. The van der Waals surface area contributed by atoms with Crippen LogP contribution < -0.4 is 10.1 Å². The molecule has 5 nitrogen and oxygen atoms in total. The number of alkyl halides is 1. The van der Waals surface area contributed by atoms with Crippen molar-refractivity contribution < 1.29 is 18.7 Å². The largest absolute Gasteiger partial charge is 0.408 e. The van der Waals surface area contributed by atoms with Crippen LogP contribution in [0.3, 0.4) is 0 Å². The van der Waals surface area contributed by atoms with Crippen LogP contribution in [-0.2, 0) is 6.54 Å². The van der Waals surface area contributed by atoms with Gasteiger partial charge >= 0.3 is 0 Å². The van der Waals surface area contributed by atoms with Gasteiger partial charge in [-0.15, -0.1) is 0 Å². The molecule has 4 aromatic carbocycles. The van der Waals surface area contributed by atoms with Crippen LogP contribution >= 0.6 is 31.9 Å². The second kappa shape index (κ2) is 11.4. The summed E-state index contributed by atoms with van der Waals surface area (Å²) in [5.41, 5.74) is 3.05. The van der Waals surface area contributed by atoms with Crippen molar-refractivity contribution in [2.24, 2.45) is 0 Å². The summed E-state index contributed by atoms with van der Waals surface area (Å²) in [6.07, 6.45) is 5.87. The second-order valence-corrected chi connectivity index (χ2v) is 10.7. The molecule has 0 aliphatic heterocycles. The number of nitrogens with one attached hydrogen (secondary N) is 1. The highest BCUT2D eigenvalue weighted by molar-refractivity contribution is 9.10. The van der Waals surface area contributed by atoms with E-state index in [9.17, 15) is 9.59 Å². The Bertz CT molecular complexity index is 1680.